The minimum Gasteiger partial charge on any atom is -0.504 e. The molecule has 0 bridgehead atoms. The number of nitrogens with zero attached hydrogens (tertiary/aromatic N) is 1. The van der Waals surface area contributed by atoms with Crippen LogP contribution < -0.4 is 10.1 Å². The second-order valence-corrected chi connectivity index (χ2v) is 12.0. The molecule has 0 radical (unpaired) electrons. The monoisotopic (exact) mass is 528 g/mol. The molecule has 2 aliphatic rings. The molecule has 1 saturated heterocycles. The number of hydrogen-bond donors (Lipinski definition) is 2. The van der Waals surface area contributed by atoms with Gasteiger partial charge in [-0.05, 0) is 86.5 Å². The summed E-state index contributed by atoms with van der Waals surface area (Å²) < 4.78 is 10.9. The Balaban J connectivity index is 1.54. The van der Waals surface area contributed by atoms with Crippen LogP contribution in [0.3, 0.4) is 0 Å². The fraction of sp³-hybridized carbons (Fsp3) is 0.633. The number of aromatic hydroxyl groups is 1. The summed E-state index contributed by atoms with van der Waals surface area (Å²) in [6.07, 6.45) is 7.04. The van der Waals surface area contributed by atoms with Gasteiger partial charge in [0.2, 0.25) is 11.8 Å². The number of carbonyl (C=O) groups is 3. The predicted octanol–water partition coefficient (Wildman–Crippen LogP) is 4.69. The van der Waals surface area contributed by atoms with Crippen LogP contribution >= 0.6 is 0 Å². The third kappa shape index (κ3) is 6.51. The lowest BCUT2D eigenvalue weighted by Crippen LogP contribution is -2.50. The molecular formula is C30H44N2O6. The number of amides is 2. The Morgan fingerprint density at radius 1 is 1.18 bits per heavy atom. The molecule has 38 heavy (non-hydrogen) atoms. The normalized spacial score (nSPS) is 23.7. The lowest BCUT2D eigenvalue weighted by molar-refractivity contribution is -0.158. The molecule has 210 valence electrons. The Labute approximate surface area is 226 Å². The fourth-order valence-electron chi connectivity index (χ4n) is 5.73. The van der Waals surface area contributed by atoms with Gasteiger partial charge in [-0.3, -0.25) is 9.59 Å². The molecule has 2 fully saturated rings. The number of carbonyl (C=O) groups excluding carboxylic acids is 3. The number of hydrogen-bond acceptors (Lipinski definition) is 6. The van der Waals surface area contributed by atoms with E-state index in [1.54, 1.807) is 25.1 Å². The van der Waals surface area contributed by atoms with Gasteiger partial charge in [0.15, 0.2) is 11.5 Å². The van der Waals surface area contributed by atoms with Crippen LogP contribution in [-0.4, -0.2) is 59.6 Å². The van der Waals surface area contributed by atoms with E-state index in [-0.39, 0.29) is 34.6 Å². The zero-order chi connectivity index (χ0) is 28.3. The molecule has 2 amide bonds. The van der Waals surface area contributed by atoms with Gasteiger partial charge in [-0.15, -0.1) is 0 Å². The van der Waals surface area contributed by atoms with Crippen molar-refractivity contribution < 1.29 is 29.0 Å². The third-order valence-corrected chi connectivity index (χ3v) is 8.98. The van der Waals surface area contributed by atoms with Gasteiger partial charge in [0.25, 0.3) is 0 Å². The molecule has 1 saturated carbocycles. The molecule has 4 atom stereocenters. The van der Waals surface area contributed by atoms with E-state index in [9.17, 15) is 19.5 Å². The van der Waals surface area contributed by atoms with Gasteiger partial charge in [-0.1, -0.05) is 33.8 Å². The minimum atomic E-state index is -0.797. The van der Waals surface area contributed by atoms with Crippen molar-refractivity contribution in [3.8, 4) is 11.5 Å². The summed E-state index contributed by atoms with van der Waals surface area (Å²) in [6.45, 7) is 13.3. The van der Waals surface area contributed by atoms with Crippen molar-refractivity contribution in [1.29, 1.82) is 0 Å². The summed E-state index contributed by atoms with van der Waals surface area (Å²) in [5, 5.41) is 12.4. The average molecular weight is 529 g/mol. The van der Waals surface area contributed by atoms with Crippen molar-refractivity contribution in [1.82, 2.24) is 10.2 Å². The fourth-order valence-corrected chi connectivity index (χ4v) is 5.73. The largest absolute Gasteiger partial charge is 0.504 e. The van der Waals surface area contributed by atoms with Crippen molar-refractivity contribution in [2.24, 2.45) is 16.7 Å². The standard InChI is InChI=1S/C30H44N2O6/c1-19(17-22-14-15-29(3,4)30(22,5)6)38-28(36)23-9-8-16-32(23)27(35)20(2)31-26(34)13-11-21-10-12-24(33)25(18-21)37-7/h10-13,18-20,22-23,33H,8-9,14-17H2,1-7H3,(H,31,34)/b13-11+. The lowest BCUT2D eigenvalue weighted by Gasteiger charge is -2.40. The van der Waals surface area contributed by atoms with Gasteiger partial charge in [-0.2, -0.15) is 0 Å². The maximum atomic E-state index is 13.1. The number of benzene rings is 1. The van der Waals surface area contributed by atoms with E-state index in [0.29, 0.717) is 36.6 Å². The number of phenolic OH excluding ortho intramolecular Hbond substituents is 1. The van der Waals surface area contributed by atoms with Crippen molar-refractivity contribution in [2.75, 3.05) is 13.7 Å². The Morgan fingerprint density at radius 3 is 2.53 bits per heavy atom. The molecule has 3 rings (SSSR count). The van der Waals surface area contributed by atoms with E-state index < -0.39 is 18.0 Å². The van der Waals surface area contributed by atoms with E-state index in [0.717, 1.165) is 19.3 Å². The predicted molar refractivity (Wildman–Crippen MR) is 146 cm³/mol. The summed E-state index contributed by atoms with van der Waals surface area (Å²) in [5.74, 6) is -0.317. The summed E-state index contributed by atoms with van der Waals surface area (Å²) >= 11 is 0. The number of rotatable bonds is 9. The Kier molecular flexibility index (Phi) is 9.16. The first-order valence-corrected chi connectivity index (χ1v) is 13.6. The van der Waals surface area contributed by atoms with Gasteiger partial charge < -0.3 is 24.8 Å². The maximum Gasteiger partial charge on any atom is 0.329 e. The lowest BCUT2D eigenvalue weighted by atomic mass is 9.66. The first kappa shape index (κ1) is 29.5. The van der Waals surface area contributed by atoms with Gasteiger partial charge in [0.05, 0.1) is 13.2 Å². The summed E-state index contributed by atoms with van der Waals surface area (Å²) in [7, 11) is 1.45. The highest BCUT2D eigenvalue weighted by molar-refractivity contribution is 5.96. The molecule has 1 heterocycles. The summed E-state index contributed by atoms with van der Waals surface area (Å²) in [4.78, 5) is 40.2. The van der Waals surface area contributed by atoms with E-state index in [2.05, 4.69) is 33.0 Å². The smallest absolute Gasteiger partial charge is 0.329 e. The number of phenols is 1. The van der Waals surface area contributed by atoms with E-state index in [1.165, 1.54) is 24.2 Å². The molecular weight excluding hydrogens is 484 g/mol. The van der Waals surface area contributed by atoms with Gasteiger partial charge in [0.1, 0.15) is 12.1 Å². The summed E-state index contributed by atoms with van der Waals surface area (Å²) in [5.41, 5.74) is 1.08. The van der Waals surface area contributed by atoms with Gasteiger partial charge >= 0.3 is 5.97 Å². The molecule has 1 aromatic rings. The first-order valence-electron chi connectivity index (χ1n) is 13.6. The van der Waals surface area contributed by atoms with Crippen LogP contribution in [0.2, 0.25) is 0 Å². The Bertz CT molecular complexity index is 1060. The Morgan fingerprint density at radius 2 is 1.89 bits per heavy atom. The van der Waals surface area contributed by atoms with Crippen LogP contribution in [0.5, 0.6) is 11.5 Å². The van der Waals surface area contributed by atoms with Crippen molar-refractivity contribution in [3.05, 3.63) is 29.8 Å². The summed E-state index contributed by atoms with van der Waals surface area (Å²) in [6, 6.07) is 3.30. The van der Waals surface area contributed by atoms with Crippen molar-refractivity contribution in [2.45, 2.75) is 91.8 Å². The molecule has 0 spiro atoms. The van der Waals surface area contributed by atoms with Gasteiger partial charge in [-0.25, -0.2) is 4.79 Å². The third-order valence-electron chi connectivity index (χ3n) is 8.98. The highest BCUT2D eigenvalue weighted by Crippen LogP contribution is 2.57. The Hall–Kier alpha value is -3.03. The number of ether oxygens (including phenoxy) is 2. The zero-order valence-corrected chi connectivity index (χ0v) is 23.9. The molecule has 8 heteroatoms. The highest BCUT2D eigenvalue weighted by Gasteiger charge is 2.48. The number of nitrogens with one attached hydrogen (secondary N) is 1. The SMILES string of the molecule is COc1cc(/C=C/C(=O)NC(C)C(=O)N2CCCC2C(=O)OC(C)CC2CCC(C)(C)C2(C)C)ccc1O. The van der Waals surface area contributed by atoms with E-state index >= 15 is 0 Å². The van der Waals surface area contributed by atoms with Crippen LogP contribution in [0.1, 0.15) is 79.2 Å². The van der Waals surface area contributed by atoms with Gasteiger partial charge in [0, 0.05) is 12.6 Å². The molecule has 1 aliphatic heterocycles. The van der Waals surface area contributed by atoms with Crippen LogP contribution in [-0.2, 0) is 19.1 Å². The maximum absolute atomic E-state index is 13.1. The highest BCUT2D eigenvalue weighted by atomic mass is 16.5. The van der Waals surface area contributed by atoms with Crippen LogP contribution in [0.4, 0.5) is 0 Å². The molecule has 1 aromatic carbocycles. The second kappa shape index (κ2) is 11.8. The first-order chi connectivity index (χ1) is 17.8. The minimum absolute atomic E-state index is 0.00716. The molecule has 8 nitrogen and oxygen atoms in total. The molecule has 0 aromatic heterocycles. The number of likely N-dealkylation sites (tertiary alicyclic amines) is 1. The number of esters is 1. The molecule has 1 aliphatic carbocycles. The quantitative estimate of drug-likeness (QED) is 0.356. The number of methoxy groups -OCH3 is 1. The van der Waals surface area contributed by atoms with Crippen LogP contribution in [0.15, 0.2) is 24.3 Å². The topological polar surface area (TPSA) is 105 Å². The van der Waals surface area contributed by atoms with E-state index in [4.69, 9.17) is 9.47 Å². The van der Waals surface area contributed by atoms with Crippen molar-refractivity contribution in [3.63, 3.8) is 0 Å². The molecule has 4 unspecified atom stereocenters. The van der Waals surface area contributed by atoms with Crippen molar-refractivity contribution >= 4 is 23.9 Å². The molecule has 2 N–H and O–H groups in total. The van der Waals surface area contributed by atoms with E-state index in [1.807, 2.05) is 6.92 Å². The zero-order valence-electron chi connectivity index (χ0n) is 23.9. The second-order valence-electron chi connectivity index (χ2n) is 12.0. The van der Waals surface area contributed by atoms with Crippen LogP contribution in [0, 0.1) is 16.7 Å². The average Bonchev–Trinajstić information content (AvgIpc) is 3.42. The van der Waals surface area contributed by atoms with Crippen LogP contribution in [0.25, 0.3) is 6.08 Å².